The van der Waals surface area contributed by atoms with Gasteiger partial charge in [0.05, 0.1) is 5.69 Å². The molecule has 78 valence electrons. The van der Waals surface area contributed by atoms with Gasteiger partial charge in [0.25, 0.3) is 0 Å². The van der Waals surface area contributed by atoms with Crippen molar-refractivity contribution in [2.45, 2.75) is 32.6 Å². The summed E-state index contributed by atoms with van der Waals surface area (Å²) < 4.78 is 13.5. The summed E-state index contributed by atoms with van der Waals surface area (Å²) >= 11 is 0. The van der Waals surface area contributed by atoms with Crippen molar-refractivity contribution in [3.8, 4) is 0 Å². The smallest absolute Gasteiger partial charge is 0.151 e. The highest BCUT2D eigenvalue weighted by Crippen LogP contribution is 2.44. The molecule has 1 aliphatic heterocycles. The third-order valence-corrected chi connectivity index (χ3v) is 3.43. The minimum Gasteiger partial charge on any atom is -0.254 e. The molecule has 0 N–H and O–H groups in total. The zero-order valence-electron chi connectivity index (χ0n) is 9.13. The fraction of sp³-hybridized carbons (Fsp3) is 0.417. The number of halogens is 1. The molecule has 1 unspecified atom stereocenters. The quantitative estimate of drug-likeness (QED) is 0.672. The van der Waals surface area contributed by atoms with Gasteiger partial charge in [0.1, 0.15) is 5.69 Å². The van der Waals surface area contributed by atoms with Crippen LogP contribution in [0.25, 0.3) is 0 Å². The number of rotatable bonds is 1. The molecular weight excluding hydrogens is 191 g/mol. The van der Waals surface area contributed by atoms with Gasteiger partial charge < -0.3 is 0 Å². The normalized spacial score (nSPS) is 23.9. The number of fused-ring (bicyclic) bond motifs is 1. The summed E-state index contributed by atoms with van der Waals surface area (Å²) in [6.45, 7) is 5.96. The Morgan fingerprint density at radius 2 is 2.13 bits per heavy atom. The molecule has 0 spiro atoms. The number of hydrogen-bond donors (Lipinski definition) is 0. The molecule has 0 amide bonds. The summed E-state index contributed by atoms with van der Waals surface area (Å²) in [5.41, 5.74) is 11.2. The van der Waals surface area contributed by atoms with E-state index in [1.54, 1.807) is 6.07 Å². The van der Waals surface area contributed by atoms with Crippen molar-refractivity contribution in [2.24, 2.45) is 4.99 Å². The van der Waals surface area contributed by atoms with E-state index in [-0.39, 0.29) is 11.1 Å². The maximum atomic E-state index is 13.5. The average Bonchev–Trinajstić information content (AvgIpc) is 2.43. The third-order valence-electron chi connectivity index (χ3n) is 3.43. The standard InChI is InChI=1S/C12H13FN2/c1-4-12(3)7(2)15-11-9(12)5-8(14)6-10(11)13/h5-6H,4H2,1-3H3. The second-order valence-corrected chi connectivity index (χ2v) is 4.21. The Hall–Kier alpha value is -1.38. The maximum absolute atomic E-state index is 13.5. The second-order valence-electron chi connectivity index (χ2n) is 4.21. The van der Waals surface area contributed by atoms with Crippen molar-refractivity contribution in [2.75, 3.05) is 0 Å². The predicted octanol–water partition coefficient (Wildman–Crippen LogP) is 3.30. The van der Waals surface area contributed by atoms with Crippen molar-refractivity contribution in [3.63, 3.8) is 0 Å². The average molecular weight is 204 g/mol. The first kappa shape index (κ1) is 10.1. The van der Waals surface area contributed by atoms with Crippen molar-refractivity contribution < 1.29 is 4.39 Å². The van der Waals surface area contributed by atoms with Crippen LogP contribution in [0.1, 0.15) is 32.8 Å². The van der Waals surface area contributed by atoms with E-state index >= 15 is 0 Å². The first-order chi connectivity index (χ1) is 6.99. The van der Waals surface area contributed by atoms with Crippen LogP contribution in [0.3, 0.4) is 0 Å². The van der Waals surface area contributed by atoms with E-state index in [9.17, 15) is 10.1 Å². The SMILES string of the molecule is CCC1(C)C(C)=Nc2c(F)cc([N])cc21. The predicted molar refractivity (Wildman–Crippen MR) is 58.6 cm³/mol. The van der Waals surface area contributed by atoms with Crippen LogP contribution in [0, 0.1) is 5.82 Å². The summed E-state index contributed by atoms with van der Waals surface area (Å²) in [7, 11) is 0. The van der Waals surface area contributed by atoms with Crippen molar-refractivity contribution in [3.05, 3.63) is 23.5 Å². The zero-order valence-corrected chi connectivity index (χ0v) is 9.13. The lowest BCUT2D eigenvalue weighted by molar-refractivity contribution is 0.607. The molecule has 1 aromatic carbocycles. The molecule has 2 radical (unpaired) electrons. The fourth-order valence-electron chi connectivity index (χ4n) is 2.05. The Bertz CT molecular complexity index is 451. The van der Waals surface area contributed by atoms with E-state index in [2.05, 4.69) is 4.99 Å². The molecule has 0 saturated heterocycles. The molecule has 1 aliphatic rings. The topological polar surface area (TPSA) is 34.7 Å². The van der Waals surface area contributed by atoms with E-state index in [0.717, 1.165) is 23.8 Å². The van der Waals surface area contributed by atoms with Gasteiger partial charge in [0, 0.05) is 17.2 Å². The molecule has 1 atom stereocenters. The number of aliphatic imine (C=N–C) groups is 1. The summed E-state index contributed by atoms with van der Waals surface area (Å²) in [4.78, 5) is 4.25. The Labute approximate surface area is 89.0 Å². The van der Waals surface area contributed by atoms with Crippen LogP contribution < -0.4 is 5.73 Å². The largest absolute Gasteiger partial charge is 0.254 e. The van der Waals surface area contributed by atoms with Crippen molar-refractivity contribution in [1.82, 2.24) is 5.73 Å². The summed E-state index contributed by atoms with van der Waals surface area (Å²) in [6, 6.07) is 2.72. The van der Waals surface area contributed by atoms with Gasteiger partial charge in [-0.3, -0.25) is 4.99 Å². The molecule has 0 bridgehead atoms. The highest BCUT2D eigenvalue weighted by Gasteiger charge is 2.36. The maximum Gasteiger partial charge on any atom is 0.151 e. The highest BCUT2D eigenvalue weighted by atomic mass is 19.1. The molecule has 3 heteroatoms. The zero-order chi connectivity index (χ0) is 11.2. The highest BCUT2D eigenvalue weighted by molar-refractivity contribution is 6.00. The summed E-state index contributed by atoms with van der Waals surface area (Å²) in [5, 5.41) is 0. The van der Waals surface area contributed by atoms with E-state index in [0.29, 0.717) is 5.69 Å². The Morgan fingerprint density at radius 1 is 1.47 bits per heavy atom. The van der Waals surface area contributed by atoms with Crippen LogP contribution >= 0.6 is 0 Å². The van der Waals surface area contributed by atoms with Gasteiger partial charge in [-0.1, -0.05) is 13.8 Å². The second kappa shape index (κ2) is 3.05. The van der Waals surface area contributed by atoms with Crippen LogP contribution in [-0.4, -0.2) is 5.71 Å². The van der Waals surface area contributed by atoms with Gasteiger partial charge in [-0.15, -0.1) is 0 Å². The first-order valence-corrected chi connectivity index (χ1v) is 5.08. The molecule has 0 aliphatic carbocycles. The van der Waals surface area contributed by atoms with E-state index in [1.807, 2.05) is 20.8 Å². The monoisotopic (exact) mass is 204 g/mol. The van der Waals surface area contributed by atoms with Gasteiger partial charge in [-0.25, -0.2) is 4.39 Å². The van der Waals surface area contributed by atoms with E-state index in [1.165, 1.54) is 0 Å². The van der Waals surface area contributed by atoms with E-state index in [4.69, 9.17) is 0 Å². The Kier molecular flexibility index (Phi) is 2.07. The summed E-state index contributed by atoms with van der Waals surface area (Å²) in [6.07, 6.45) is 0.845. The van der Waals surface area contributed by atoms with Gasteiger partial charge in [0.15, 0.2) is 5.82 Å². The molecule has 1 aromatic rings. The lowest BCUT2D eigenvalue weighted by Gasteiger charge is -2.24. The summed E-state index contributed by atoms with van der Waals surface area (Å²) in [5.74, 6) is -0.443. The molecule has 2 rings (SSSR count). The lowest BCUT2D eigenvalue weighted by Crippen LogP contribution is -2.26. The van der Waals surface area contributed by atoms with Gasteiger partial charge in [0.2, 0.25) is 0 Å². The third kappa shape index (κ3) is 1.26. The number of benzene rings is 1. The van der Waals surface area contributed by atoms with Crippen LogP contribution in [0.15, 0.2) is 17.1 Å². The number of hydrogen-bond acceptors (Lipinski definition) is 1. The molecule has 15 heavy (non-hydrogen) atoms. The lowest BCUT2D eigenvalue weighted by atomic mass is 9.77. The van der Waals surface area contributed by atoms with Crippen LogP contribution in [0.5, 0.6) is 0 Å². The van der Waals surface area contributed by atoms with Crippen LogP contribution in [0.4, 0.5) is 15.8 Å². The fourth-order valence-corrected chi connectivity index (χ4v) is 2.05. The van der Waals surface area contributed by atoms with Gasteiger partial charge in [-0.05, 0) is 25.0 Å². The minimum atomic E-state index is -0.443. The van der Waals surface area contributed by atoms with Gasteiger partial charge in [-0.2, -0.15) is 5.73 Å². The van der Waals surface area contributed by atoms with E-state index < -0.39 is 5.82 Å². The Balaban J connectivity index is 2.70. The van der Waals surface area contributed by atoms with Gasteiger partial charge >= 0.3 is 0 Å². The molecule has 2 nitrogen and oxygen atoms in total. The van der Waals surface area contributed by atoms with Crippen molar-refractivity contribution >= 4 is 17.1 Å². The molecular formula is C12H13FN2. The molecule has 0 saturated carbocycles. The molecule has 0 fully saturated rings. The Morgan fingerprint density at radius 3 is 2.73 bits per heavy atom. The first-order valence-electron chi connectivity index (χ1n) is 5.08. The van der Waals surface area contributed by atoms with Crippen LogP contribution in [0.2, 0.25) is 0 Å². The molecule has 1 heterocycles. The number of nitrogens with zero attached hydrogens (tertiary/aromatic N) is 2. The van der Waals surface area contributed by atoms with Crippen molar-refractivity contribution in [1.29, 1.82) is 0 Å². The molecule has 0 aromatic heterocycles. The minimum absolute atomic E-state index is 0.0316. The van der Waals surface area contributed by atoms with Crippen LogP contribution in [-0.2, 0) is 5.41 Å².